The van der Waals surface area contributed by atoms with Gasteiger partial charge in [-0.2, -0.15) is 0 Å². The molecule has 0 aromatic heterocycles. The van der Waals surface area contributed by atoms with Gasteiger partial charge in [-0.05, 0) is 44.6 Å². The summed E-state index contributed by atoms with van der Waals surface area (Å²) in [4.78, 5) is 0. The topological polar surface area (TPSA) is 50.7 Å². The van der Waals surface area contributed by atoms with E-state index in [0.29, 0.717) is 6.04 Å². The summed E-state index contributed by atoms with van der Waals surface area (Å²) < 4.78 is 11.9. The molecule has 24 heavy (non-hydrogen) atoms. The number of hydrogen-bond acceptors (Lipinski definition) is 4. The lowest BCUT2D eigenvalue weighted by Crippen LogP contribution is -2.47. The highest BCUT2D eigenvalue weighted by molar-refractivity contribution is 5.39. The molecule has 1 aromatic carbocycles. The lowest BCUT2D eigenvalue weighted by Gasteiger charge is -2.42. The molecule has 2 N–H and O–H groups in total. The fraction of sp³-hybridized carbons (Fsp3) is 0.700. The van der Waals surface area contributed by atoms with Gasteiger partial charge in [0.25, 0.3) is 0 Å². The second-order valence-electron chi connectivity index (χ2n) is 7.94. The van der Waals surface area contributed by atoms with Gasteiger partial charge in [-0.1, -0.05) is 18.2 Å². The lowest BCUT2D eigenvalue weighted by atomic mass is 9.79. The molecule has 1 saturated heterocycles. The van der Waals surface area contributed by atoms with Gasteiger partial charge >= 0.3 is 0 Å². The highest BCUT2D eigenvalue weighted by Gasteiger charge is 2.43. The zero-order valence-electron chi connectivity index (χ0n) is 14.4. The quantitative estimate of drug-likeness (QED) is 0.889. The minimum Gasteiger partial charge on any atom is -0.487 e. The third kappa shape index (κ3) is 3.07. The van der Waals surface area contributed by atoms with E-state index in [-0.39, 0.29) is 17.6 Å². The molecule has 1 unspecified atom stereocenters. The van der Waals surface area contributed by atoms with Gasteiger partial charge in [-0.15, -0.1) is 0 Å². The molecule has 0 bridgehead atoms. The van der Waals surface area contributed by atoms with Crippen LogP contribution in [0.15, 0.2) is 24.3 Å². The second kappa shape index (κ2) is 6.66. The third-order valence-electron chi connectivity index (χ3n) is 6.32. The van der Waals surface area contributed by atoms with Gasteiger partial charge in [-0.25, -0.2) is 0 Å². The average molecular weight is 331 g/mol. The van der Waals surface area contributed by atoms with Gasteiger partial charge < -0.3 is 19.9 Å². The Balaban J connectivity index is 1.52. The van der Waals surface area contributed by atoms with E-state index < -0.39 is 0 Å². The van der Waals surface area contributed by atoms with Gasteiger partial charge in [0.05, 0.1) is 6.61 Å². The number of nitrogens with one attached hydrogen (secondary N) is 1. The van der Waals surface area contributed by atoms with E-state index in [1.165, 1.54) is 31.2 Å². The molecule has 0 amide bonds. The molecule has 2 aliphatic heterocycles. The molecule has 1 aromatic rings. The summed E-state index contributed by atoms with van der Waals surface area (Å²) in [6, 6.07) is 8.78. The van der Waals surface area contributed by atoms with Crippen LogP contribution in [-0.2, 0) is 4.74 Å². The molecule has 4 heteroatoms. The number of benzene rings is 1. The Bertz CT molecular complexity index is 562. The fourth-order valence-corrected chi connectivity index (χ4v) is 4.66. The Labute approximate surface area is 144 Å². The van der Waals surface area contributed by atoms with Crippen molar-refractivity contribution in [3.05, 3.63) is 29.8 Å². The Morgan fingerprint density at radius 2 is 1.83 bits per heavy atom. The van der Waals surface area contributed by atoms with E-state index in [2.05, 4.69) is 29.6 Å². The Morgan fingerprint density at radius 1 is 1.08 bits per heavy atom. The summed E-state index contributed by atoms with van der Waals surface area (Å²) >= 11 is 0. The molecule has 1 aliphatic carbocycles. The van der Waals surface area contributed by atoms with E-state index in [0.717, 1.165) is 44.8 Å². The maximum Gasteiger partial charge on any atom is 0.124 e. The van der Waals surface area contributed by atoms with Gasteiger partial charge in [0.15, 0.2) is 0 Å². The van der Waals surface area contributed by atoms with E-state index in [9.17, 15) is 5.11 Å². The molecule has 0 radical (unpaired) electrons. The van der Waals surface area contributed by atoms with Gasteiger partial charge in [-0.3, -0.25) is 0 Å². The smallest absolute Gasteiger partial charge is 0.124 e. The van der Waals surface area contributed by atoms with Crippen LogP contribution in [0.1, 0.15) is 56.6 Å². The van der Waals surface area contributed by atoms with Crippen LogP contribution in [0.5, 0.6) is 5.75 Å². The molecule has 3 aliphatic rings. The van der Waals surface area contributed by atoms with Crippen molar-refractivity contribution in [3.63, 3.8) is 0 Å². The van der Waals surface area contributed by atoms with E-state index in [1.807, 2.05) is 0 Å². The normalized spacial score (nSPS) is 27.6. The largest absolute Gasteiger partial charge is 0.487 e. The summed E-state index contributed by atoms with van der Waals surface area (Å²) in [7, 11) is 0. The van der Waals surface area contributed by atoms with E-state index >= 15 is 0 Å². The highest BCUT2D eigenvalue weighted by Crippen LogP contribution is 2.47. The summed E-state index contributed by atoms with van der Waals surface area (Å²) in [5.74, 6) is 1.05. The van der Waals surface area contributed by atoms with Crippen molar-refractivity contribution in [1.82, 2.24) is 5.32 Å². The Kier molecular flexibility index (Phi) is 4.54. The summed E-state index contributed by atoms with van der Waals surface area (Å²) in [5.41, 5.74) is 1.26. The van der Waals surface area contributed by atoms with Crippen molar-refractivity contribution in [2.24, 2.45) is 5.41 Å². The van der Waals surface area contributed by atoms with Crippen molar-refractivity contribution in [2.45, 2.75) is 56.6 Å². The predicted molar refractivity (Wildman–Crippen MR) is 93.2 cm³/mol. The molecule has 2 fully saturated rings. The molecule has 132 valence electrons. The van der Waals surface area contributed by atoms with Crippen LogP contribution in [0.25, 0.3) is 0 Å². The third-order valence-corrected chi connectivity index (χ3v) is 6.32. The van der Waals surface area contributed by atoms with Gasteiger partial charge in [0.1, 0.15) is 11.4 Å². The molecular weight excluding hydrogens is 302 g/mol. The van der Waals surface area contributed by atoms with Gasteiger partial charge in [0.2, 0.25) is 0 Å². The van der Waals surface area contributed by atoms with Crippen molar-refractivity contribution >= 4 is 0 Å². The summed E-state index contributed by atoms with van der Waals surface area (Å²) in [6.45, 7) is 2.61. The van der Waals surface area contributed by atoms with Crippen LogP contribution in [0.3, 0.4) is 0 Å². The number of para-hydroxylation sites is 1. The lowest BCUT2D eigenvalue weighted by molar-refractivity contribution is -0.0204. The molecule has 1 spiro atoms. The van der Waals surface area contributed by atoms with Crippen LogP contribution in [0.2, 0.25) is 0 Å². The van der Waals surface area contributed by atoms with Crippen LogP contribution in [0.4, 0.5) is 0 Å². The maximum absolute atomic E-state index is 9.95. The molecule has 2 heterocycles. The molecule has 1 atom stereocenters. The van der Waals surface area contributed by atoms with Crippen LogP contribution in [-0.4, -0.2) is 37.1 Å². The summed E-state index contributed by atoms with van der Waals surface area (Å²) in [6.07, 6.45) is 7.79. The molecule has 1 saturated carbocycles. The fourth-order valence-electron chi connectivity index (χ4n) is 4.66. The first-order chi connectivity index (χ1) is 11.7. The zero-order chi connectivity index (χ0) is 16.5. The summed E-state index contributed by atoms with van der Waals surface area (Å²) in [5, 5.41) is 13.7. The standard InChI is InChI=1S/C20H29NO3/c22-15-19(9-11-23-12-10-19)14-21-17-13-20(7-3-4-8-20)24-18-6-2-1-5-16(17)18/h1-2,5-6,17,21-22H,3-4,7-15H2. The Hall–Kier alpha value is -1.10. The Morgan fingerprint density at radius 3 is 2.58 bits per heavy atom. The zero-order valence-corrected chi connectivity index (χ0v) is 14.4. The number of rotatable bonds is 4. The first-order valence-corrected chi connectivity index (χ1v) is 9.44. The van der Waals surface area contributed by atoms with Crippen LogP contribution >= 0.6 is 0 Å². The van der Waals surface area contributed by atoms with Crippen molar-refractivity contribution in [1.29, 1.82) is 0 Å². The number of aliphatic hydroxyl groups excluding tert-OH is 1. The first-order valence-electron chi connectivity index (χ1n) is 9.44. The van der Waals surface area contributed by atoms with Crippen molar-refractivity contribution < 1.29 is 14.6 Å². The predicted octanol–water partition coefficient (Wildman–Crippen LogP) is 3.20. The van der Waals surface area contributed by atoms with Crippen molar-refractivity contribution in [2.75, 3.05) is 26.4 Å². The minimum absolute atomic E-state index is 0.0219. The second-order valence-corrected chi connectivity index (χ2v) is 7.94. The molecule has 4 rings (SSSR count). The van der Waals surface area contributed by atoms with E-state index in [4.69, 9.17) is 9.47 Å². The number of aliphatic hydroxyl groups is 1. The number of hydrogen-bond donors (Lipinski definition) is 2. The number of fused-ring (bicyclic) bond motifs is 1. The SMILES string of the molecule is OCC1(CNC2CC3(CCCC3)Oc3ccccc32)CCOCC1. The highest BCUT2D eigenvalue weighted by atomic mass is 16.5. The van der Waals surface area contributed by atoms with E-state index in [1.54, 1.807) is 0 Å². The minimum atomic E-state index is -0.0334. The average Bonchev–Trinajstić information content (AvgIpc) is 3.08. The van der Waals surface area contributed by atoms with Crippen LogP contribution < -0.4 is 10.1 Å². The first kappa shape index (κ1) is 16.4. The van der Waals surface area contributed by atoms with Crippen LogP contribution in [0, 0.1) is 5.41 Å². The molecule has 4 nitrogen and oxygen atoms in total. The maximum atomic E-state index is 9.95. The van der Waals surface area contributed by atoms with Crippen molar-refractivity contribution in [3.8, 4) is 5.75 Å². The van der Waals surface area contributed by atoms with Gasteiger partial charge in [0, 0.05) is 43.2 Å². The monoisotopic (exact) mass is 331 g/mol. The molecular formula is C20H29NO3. The number of ether oxygens (including phenoxy) is 2.